The molecule has 8 nitrogen and oxygen atoms in total. The van der Waals surface area contributed by atoms with E-state index in [1.54, 1.807) is 57.6 Å². The second kappa shape index (κ2) is 9.50. The summed E-state index contributed by atoms with van der Waals surface area (Å²) in [6, 6.07) is 8.15. The van der Waals surface area contributed by atoms with Crippen LogP contribution in [-0.4, -0.2) is 30.9 Å². The van der Waals surface area contributed by atoms with Gasteiger partial charge in [-0.25, -0.2) is 9.79 Å². The molecule has 0 bridgehead atoms. The number of esters is 1. The van der Waals surface area contributed by atoms with Crippen molar-refractivity contribution in [3.05, 3.63) is 78.9 Å². The number of allylic oxidation sites excluding steroid dienone is 1. The molecule has 0 spiro atoms. The van der Waals surface area contributed by atoms with Gasteiger partial charge in [-0.1, -0.05) is 17.4 Å². The molecule has 1 atom stereocenters. The Morgan fingerprint density at radius 2 is 2.06 bits per heavy atom. The molecule has 1 aromatic carbocycles. The molecule has 1 aliphatic rings. The van der Waals surface area contributed by atoms with Gasteiger partial charge < -0.3 is 18.6 Å². The Morgan fingerprint density at radius 1 is 1.24 bits per heavy atom. The van der Waals surface area contributed by atoms with Gasteiger partial charge in [-0.05, 0) is 50.6 Å². The number of carbonyl (C=O) groups is 1. The Labute approximate surface area is 194 Å². The SMILES string of the molecule is CCOC(=O)C1=C(C)N=c2sc(=Cc3ccco3)c(=O)n2[C@H]1c1ccc(OC)c(OCC)c1. The normalized spacial score (nSPS) is 15.8. The molecule has 0 saturated heterocycles. The molecule has 0 unspecified atom stereocenters. The maximum atomic E-state index is 13.5. The van der Waals surface area contributed by atoms with Gasteiger partial charge in [0.1, 0.15) is 5.76 Å². The van der Waals surface area contributed by atoms with Crippen molar-refractivity contribution in [1.82, 2.24) is 4.57 Å². The van der Waals surface area contributed by atoms with Crippen molar-refractivity contribution in [2.45, 2.75) is 26.8 Å². The largest absolute Gasteiger partial charge is 0.493 e. The number of thiazole rings is 1. The monoisotopic (exact) mass is 468 g/mol. The highest BCUT2D eigenvalue weighted by atomic mass is 32.1. The number of furan rings is 1. The minimum absolute atomic E-state index is 0.206. The quantitative estimate of drug-likeness (QED) is 0.495. The smallest absolute Gasteiger partial charge is 0.338 e. The highest BCUT2D eigenvalue weighted by molar-refractivity contribution is 7.07. The maximum absolute atomic E-state index is 13.5. The maximum Gasteiger partial charge on any atom is 0.338 e. The van der Waals surface area contributed by atoms with E-state index in [1.165, 1.54) is 15.9 Å². The standard InChI is InChI=1S/C24H24N2O6S/c1-5-30-18-12-15(9-10-17(18)29-4)21-20(23(28)31-6-2)14(3)25-24-26(21)22(27)19(33-24)13-16-8-7-11-32-16/h7-13,21H,5-6H2,1-4H3/t21-/m0/s1. The molecular weight excluding hydrogens is 444 g/mol. The number of hydrogen-bond acceptors (Lipinski definition) is 8. The average Bonchev–Trinajstić information content (AvgIpc) is 3.41. The molecule has 9 heteroatoms. The molecule has 3 aromatic rings. The summed E-state index contributed by atoms with van der Waals surface area (Å²) < 4.78 is 23.8. The van der Waals surface area contributed by atoms with Crippen molar-refractivity contribution in [2.24, 2.45) is 4.99 Å². The van der Waals surface area contributed by atoms with Crippen LogP contribution >= 0.6 is 11.3 Å². The van der Waals surface area contributed by atoms with Crippen LogP contribution in [0.25, 0.3) is 6.08 Å². The molecule has 0 aliphatic carbocycles. The van der Waals surface area contributed by atoms with Crippen LogP contribution in [0.4, 0.5) is 0 Å². The Bertz CT molecular complexity index is 1380. The highest BCUT2D eigenvalue weighted by Crippen LogP contribution is 2.36. The van der Waals surface area contributed by atoms with Gasteiger partial charge in [-0.2, -0.15) is 0 Å². The van der Waals surface area contributed by atoms with E-state index in [0.29, 0.717) is 50.0 Å². The Hall–Kier alpha value is -3.59. The van der Waals surface area contributed by atoms with E-state index in [9.17, 15) is 9.59 Å². The summed E-state index contributed by atoms with van der Waals surface area (Å²) in [5.41, 5.74) is 1.21. The number of benzene rings is 1. The van der Waals surface area contributed by atoms with Gasteiger partial charge >= 0.3 is 5.97 Å². The number of methoxy groups -OCH3 is 1. The number of rotatable bonds is 7. The van der Waals surface area contributed by atoms with Crippen LogP contribution in [0.2, 0.25) is 0 Å². The summed E-state index contributed by atoms with van der Waals surface area (Å²) in [4.78, 5) is 31.5. The minimum Gasteiger partial charge on any atom is -0.493 e. The second-order valence-electron chi connectivity index (χ2n) is 7.16. The van der Waals surface area contributed by atoms with E-state index < -0.39 is 12.0 Å². The van der Waals surface area contributed by atoms with Crippen LogP contribution in [-0.2, 0) is 9.53 Å². The van der Waals surface area contributed by atoms with E-state index in [2.05, 4.69) is 4.99 Å². The topological polar surface area (TPSA) is 92.3 Å². The van der Waals surface area contributed by atoms with E-state index >= 15 is 0 Å². The fraction of sp³-hybridized carbons (Fsp3) is 0.292. The first-order chi connectivity index (χ1) is 16.0. The fourth-order valence-electron chi connectivity index (χ4n) is 3.74. The summed E-state index contributed by atoms with van der Waals surface area (Å²) in [7, 11) is 1.56. The molecule has 0 fully saturated rings. The molecule has 4 rings (SSSR count). The zero-order valence-corrected chi connectivity index (χ0v) is 19.6. The van der Waals surface area contributed by atoms with Gasteiger partial charge in [-0.15, -0.1) is 0 Å². The summed E-state index contributed by atoms with van der Waals surface area (Å²) >= 11 is 1.24. The summed E-state index contributed by atoms with van der Waals surface area (Å²) in [6.45, 7) is 6.00. The van der Waals surface area contributed by atoms with Gasteiger partial charge in [0.05, 0.1) is 48.4 Å². The zero-order valence-electron chi connectivity index (χ0n) is 18.8. The molecular formula is C24H24N2O6S. The molecule has 172 valence electrons. The third-order valence-corrected chi connectivity index (χ3v) is 6.12. The van der Waals surface area contributed by atoms with Crippen molar-refractivity contribution in [3.8, 4) is 11.5 Å². The molecule has 3 heterocycles. The lowest BCUT2D eigenvalue weighted by atomic mass is 9.95. The third-order valence-electron chi connectivity index (χ3n) is 5.14. The van der Waals surface area contributed by atoms with Gasteiger partial charge in [0.15, 0.2) is 16.3 Å². The first-order valence-electron chi connectivity index (χ1n) is 10.5. The predicted molar refractivity (Wildman–Crippen MR) is 123 cm³/mol. The zero-order chi connectivity index (χ0) is 23.5. The van der Waals surface area contributed by atoms with E-state index in [-0.39, 0.29) is 12.2 Å². The fourth-order valence-corrected chi connectivity index (χ4v) is 4.77. The lowest BCUT2D eigenvalue weighted by Crippen LogP contribution is -2.39. The summed E-state index contributed by atoms with van der Waals surface area (Å²) in [5.74, 6) is 1.12. The molecule has 2 aromatic heterocycles. The van der Waals surface area contributed by atoms with Crippen LogP contribution in [0.15, 0.2) is 62.1 Å². The average molecular weight is 469 g/mol. The molecule has 33 heavy (non-hydrogen) atoms. The summed E-state index contributed by atoms with van der Waals surface area (Å²) in [5, 5.41) is 0. The van der Waals surface area contributed by atoms with E-state index in [1.807, 2.05) is 13.0 Å². The molecule has 0 amide bonds. The minimum atomic E-state index is -0.732. The number of carbonyl (C=O) groups excluding carboxylic acids is 1. The number of nitrogens with zero attached hydrogens (tertiary/aromatic N) is 2. The van der Waals surface area contributed by atoms with Crippen LogP contribution in [0.3, 0.4) is 0 Å². The molecule has 0 radical (unpaired) electrons. The Morgan fingerprint density at radius 3 is 2.73 bits per heavy atom. The van der Waals surface area contributed by atoms with Crippen molar-refractivity contribution in [2.75, 3.05) is 20.3 Å². The third kappa shape index (κ3) is 4.23. The first kappa shape index (κ1) is 22.6. The van der Waals surface area contributed by atoms with Crippen LogP contribution in [0.1, 0.15) is 38.1 Å². The van der Waals surface area contributed by atoms with Crippen molar-refractivity contribution < 1.29 is 23.4 Å². The molecule has 0 saturated carbocycles. The van der Waals surface area contributed by atoms with Crippen LogP contribution in [0, 0.1) is 0 Å². The Balaban J connectivity index is 1.97. The Kier molecular flexibility index (Phi) is 6.50. The van der Waals surface area contributed by atoms with Crippen molar-refractivity contribution in [3.63, 3.8) is 0 Å². The predicted octanol–water partition coefficient (Wildman–Crippen LogP) is 2.80. The van der Waals surface area contributed by atoms with Crippen molar-refractivity contribution >= 4 is 23.4 Å². The van der Waals surface area contributed by atoms with Gasteiger partial charge in [0.25, 0.3) is 5.56 Å². The number of ether oxygens (including phenoxy) is 3. The first-order valence-corrected chi connectivity index (χ1v) is 11.3. The number of fused-ring (bicyclic) bond motifs is 1. The van der Waals surface area contributed by atoms with Crippen molar-refractivity contribution in [1.29, 1.82) is 0 Å². The van der Waals surface area contributed by atoms with Gasteiger partial charge in [0.2, 0.25) is 0 Å². The molecule has 1 aliphatic heterocycles. The number of aromatic nitrogens is 1. The highest BCUT2D eigenvalue weighted by Gasteiger charge is 2.34. The lowest BCUT2D eigenvalue weighted by molar-refractivity contribution is -0.139. The van der Waals surface area contributed by atoms with Crippen LogP contribution in [0.5, 0.6) is 11.5 Å². The van der Waals surface area contributed by atoms with Crippen LogP contribution < -0.4 is 24.4 Å². The second-order valence-corrected chi connectivity index (χ2v) is 8.17. The lowest BCUT2D eigenvalue weighted by Gasteiger charge is -2.25. The van der Waals surface area contributed by atoms with E-state index in [4.69, 9.17) is 18.6 Å². The van der Waals surface area contributed by atoms with E-state index in [0.717, 1.165) is 0 Å². The number of hydrogen-bond donors (Lipinski definition) is 0. The van der Waals surface area contributed by atoms with Gasteiger partial charge in [0, 0.05) is 6.08 Å². The molecule has 0 N–H and O–H groups in total. The summed E-state index contributed by atoms with van der Waals surface area (Å²) in [6.07, 6.45) is 3.21. The van der Waals surface area contributed by atoms with Gasteiger partial charge in [-0.3, -0.25) is 9.36 Å².